The molecule has 0 spiro atoms. The number of esters is 1. The van der Waals surface area contributed by atoms with Crippen LogP contribution in [0, 0.1) is 0 Å². The SMILES string of the molecule is COC(=O)c1cccnc1NC1CCC(Oc2cc(N)cc3nccnc23)CC1. The zero-order chi connectivity index (χ0) is 20.2. The van der Waals surface area contributed by atoms with Crippen LogP contribution in [0.1, 0.15) is 36.0 Å². The number of ether oxygens (including phenoxy) is 2. The quantitative estimate of drug-likeness (QED) is 0.502. The molecule has 1 saturated carbocycles. The number of benzene rings is 1. The van der Waals surface area contributed by atoms with Gasteiger partial charge in [0.15, 0.2) is 0 Å². The van der Waals surface area contributed by atoms with Crippen LogP contribution in [0.3, 0.4) is 0 Å². The van der Waals surface area contributed by atoms with Crippen molar-refractivity contribution in [3.05, 3.63) is 48.4 Å². The number of anilines is 2. The summed E-state index contributed by atoms with van der Waals surface area (Å²) in [4.78, 5) is 24.9. The van der Waals surface area contributed by atoms with Crippen LogP contribution >= 0.6 is 0 Å². The van der Waals surface area contributed by atoms with E-state index in [1.165, 1.54) is 7.11 Å². The standard InChI is InChI=1S/C21H23N5O3/c1-28-21(27)16-3-2-8-25-20(16)26-14-4-6-15(7-5-14)29-18-12-13(22)11-17-19(18)24-10-9-23-17/h2-3,8-12,14-15H,4-7,22H2,1H3,(H,25,26). The van der Waals surface area contributed by atoms with E-state index < -0.39 is 5.97 Å². The van der Waals surface area contributed by atoms with Gasteiger partial charge in [0.2, 0.25) is 0 Å². The summed E-state index contributed by atoms with van der Waals surface area (Å²) in [6, 6.07) is 7.24. The molecule has 29 heavy (non-hydrogen) atoms. The van der Waals surface area contributed by atoms with Crippen LogP contribution < -0.4 is 15.8 Å². The zero-order valence-corrected chi connectivity index (χ0v) is 16.2. The van der Waals surface area contributed by atoms with Gasteiger partial charge in [-0.05, 0) is 43.9 Å². The van der Waals surface area contributed by atoms with Crippen molar-refractivity contribution in [1.29, 1.82) is 0 Å². The van der Waals surface area contributed by atoms with Gasteiger partial charge in [-0.3, -0.25) is 4.98 Å². The number of nitrogens with zero attached hydrogens (tertiary/aromatic N) is 3. The molecule has 0 unspecified atom stereocenters. The molecule has 4 rings (SSSR count). The number of rotatable bonds is 5. The first kappa shape index (κ1) is 18.9. The number of nitrogens with two attached hydrogens (primary N) is 1. The fourth-order valence-electron chi connectivity index (χ4n) is 3.65. The first-order chi connectivity index (χ1) is 14.1. The maximum atomic E-state index is 11.9. The smallest absolute Gasteiger partial charge is 0.341 e. The van der Waals surface area contributed by atoms with E-state index in [4.69, 9.17) is 15.2 Å². The van der Waals surface area contributed by atoms with Crippen LogP contribution in [0.4, 0.5) is 11.5 Å². The molecule has 0 amide bonds. The first-order valence-electron chi connectivity index (χ1n) is 9.61. The molecule has 1 aromatic carbocycles. The third-order valence-corrected chi connectivity index (χ3v) is 5.08. The van der Waals surface area contributed by atoms with Gasteiger partial charge < -0.3 is 20.5 Å². The lowest BCUT2D eigenvalue weighted by atomic mass is 9.92. The number of hydrogen-bond acceptors (Lipinski definition) is 8. The minimum atomic E-state index is -0.396. The molecule has 1 aliphatic carbocycles. The number of nitrogen functional groups attached to an aromatic ring is 1. The minimum Gasteiger partial charge on any atom is -0.488 e. The Hall–Kier alpha value is -3.42. The van der Waals surface area contributed by atoms with Crippen molar-refractivity contribution in [2.45, 2.75) is 37.8 Å². The second kappa shape index (κ2) is 8.30. The van der Waals surface area contributed by atoms with Gasteiger partial charge in [0.1, 0.15) is 22.6 Å². The van der Waals surface area contributed by atoms with E-state index >= 15 is 0 Å². The first-order valence-corrected chi connectivity index (χ1v) is 9.61. The van der Waals surface area contributed by atoms with E-state index in [-0.39, 0.29) is 12.1 Å². The molecule has 2 heterocycles. The summed E-state index contributed by atoms with van der Waals surface area (Å²) in [6.45, 7) is 0. The van der Waals surface area contributed by atoms with Gasteiger partial charge in [-0.25, -0.2) is 14.8 Å². The van der Waals surface area contributed by atoms with Crippen LogP contribution in [0.15, 0.2) is 42.9 Å². The van der Waals surface area contributed by atoms with Crippen LogP contribution in [0.2, 0.25) is 0 Å². The molecule has 3 N–H and O–H groups in total. The number of carbonyl (C=O) groups excluding carboxylic acids is 1. The van der Waals surface area contributed by atoms with Crippen molar-refractivity contribution in [2.24, 2.45) is 0 Å². The van der Waals surface area contributed by atoms with Gasteiger partial charge in [0, 0.05) is 36.4 Å². The molecule has 0 bridgehead atoms. The van der Waals surface area contributed by atoms with Gasteiger partial charge in [-0.15, -0.1) is 0 Å². The molecule has 0 saturated heterocycles. The van der Waals surface area contributed by atoms with Crippen molar-refractivity contribution in [3.8, 4) is 5.75 Å². The van der Waals surface area contributed by atoms with E-state index in [0.29, 0.717) is 22.8 Å². The summed E-state index contributed by atoms with van der Waals surface area (Å²) in [5, 5.41) is 3.38. The molecule has 3 aromatic rings. The maximum absolute atomic E-state index is 11.9. The molecule has 0 radical (unpaired) electrons. The molecule has 1 aliphatic rings. The molecule has 8 nitrogen and oxygen atoms in total. The highest BCUT2D eigenvalue weighted by Crippen LogP contribution is 2.31. The Morgan fingerprint density at radius 2 is 1.90 bits per heavy atom. The van der Waals surface area contributed by atoms with Crippen LogP contribution in [0.25, 0.3) is 11.0 Å². The van der Waals surface area contributed by atoms with Crippen LogP contribution in [0.5, 0.6) is 5.75 Å². The highest BCUT2D eigenvalue weighted by Gasteiger charge is 2.25. The highest BCUT2D eigenvalue weighted by molar-refractivity contribution is 5.94. The van der Waals surface area contributed by atoms with Gasteiger partial charge in [0.05, 0.1) is 18.7 Å². The zero-order valence-electron chi connectivity index (χ0n) is 16.2. The average molecular weight is 393 g/mol. The lowest BCUT2D eigenvalue weighted by molar-refractivity contribution is 0.0601. The number of nitrogens with one attached hydrogen (secondary N) is 1. The highest BCUT2D eigenvalue weighted by atomic mass is 16.5. The lowest BCUT2D eigenvalue weighted by Gasteiger charge is -2.30. The van der Waals surface area contributed by atoms with Gasteiger partial charge in [-0.1, -0.05) is 0 Å². The molecule has 8 heteroatoms. The third kappa shape index (κ3) is 4.21. The summed E-state index contributed by atoms with van der Waals surface area (Å²) in [5.74, 6) is 0.829. The summed E-state index contributed by atoms with van der Waals surface area (Å²) in [6.07, 6.45) is 8.56. The van der Waals surface area contributed by atoms with Gasteiger partial charge in [-0.2, -0.15) is 0 Å². The predicted molar refractivity (Wildman–Crippen MR) is 110 cm³/mol. The van der Waals surface area contributed by atoms with Crippen LogP contribution in [-0.4, -0.2) is 40.2 Å². The maximum Gasteiger partial charge on any atom is 0.341 e. The Kier molecular flexibility index (Phi) is 5.41. The summed E-state index contributed by atoms with van der Waals surface area (Å²) >= 11 is 0. The molecule has 1 fully saturated rings. The summed E-state index contributed by atoms with van der Waals surface area (Å²) < 4.78 is 11.1. The van der Waals surface area contributed by atoms with Crippen molar-refractivity contribution in [1.82, 2.24) is 15.0 Å². The Balaban J connectivity index is 1.40. The number of methoxy groups -OCH3 is 1. The Labute approximate surface area is 168 Å². The normalized spacial score (nSPS) is 18.9. The molecule has 150 valence electrons. The number of carbonyl (C=O) groups is 1. The van der Waals surface area contributed by atoms with E-state index in [9.17, 15) is 4.79 Å². The van der Waals surface area contributed by atoms with Crippen molar-refractivity contribution < 1.29 is 14.3 Å². The summed E-state index contributed by atoms with van der Waals surface area (Å²) in [5.41, 5.74) is 8.48. The molecule has 0 atom stereocenters. The number of fused-ring (bicyclic) bond motifs is 1. The lowest BCUT2D eigenvalue weighted by Crippen LogP contribution is -2.32. The van der Waals surface area contributed by atoms with Gasteiger partial charge >= 0.3 is 5.97 Å². The second-order valence-electron chi connectivity index (χ2n) is 7.07. The Morgan fingerprint density at radius 3 is 2.69 bits per heavy atom. The van der Waals surface area contributed by atoms with Crippen LogP contribution in [-0.2, 0) is 4.74 Å². The average Bonchev–Trinajstić information content (AvgIpc) is 2.75. The monoisotopic (exact) mass is 393 g/mol. The number of aromatic nitrogens is 3. The molecular formula is C21H23N5O3. The number of hydrogen-bond donors (Lipinski definition) is 2. The third-order valence-electron chi connectivity index (χ3n) is 5.08. The van der Waals surface area contributed by atoms with E-state index in [1.54, 1.807) is 42.9 Å². The summed E-state index contributed by atoms with van der Waals surface area (Å²) in [7, 11) is 1.37. The Bertz CT molecular complexity index is 1020. The molecular weight excluding hydrogens is 370 g/mol. The number of pyridine rings is 1. The van der Waals surface area contributed by atoms with Gasteiger partial charge in [0.25, 0.3) is 0 Å². The van der Waals surface area contributed by atoms with E-state index in [0.717, 1.165) is 36.7 Å². The van der Waals surface area contributed by atoms with E-state index in [2.05, 4.69) is 20.3 Å². The minimum absolute atomic E-state index is 0.0730. The van der Waals surface area contributed by atoms with Crippen molar-refractivity contribution >= 4 is 28.5 Å². The molecule has 0 aliphatic heterocycles. The van der Waals surface area contributed by atoms with Crippen molar-refractivity contribution in [2.75, 3.05) is 18.2 Å². The van der Waals surface area contributed by atoms with Crippen molar-refractivity contribution in [3.63, 3.8) is 0 Å². The Morgan fingerprint density at radius 1 is 1.10 bits per heavy atom. The second-order valence-corrected chi connectivity index (χ2v) is 7.07. The fourth-order valence-corrected chi connectivity index (χ4v) is 3.65. The largest absolute Gasteiger partial charge is 0.488 e. The fraction of sp³-hybridized carbons (Fsp3) is 0.333. The molecule has 2 aromatic heterocycles. The topological polar surface area (TPSA) is 112 Å². The predicted octanol–water partition coefficient (Wildman–Crippen LogP) is 3.20. The van der Waals surface area contributed by atoms with E-state index in [1.807, 2.05) is 0 Å².